The Labute approximate surface area is 146 Å². The summed E-state index contributed by atoms with van der Waals surface area (Å²) < 4.78 is 14.3. The molecule has 0 saturated carbocycles. The van der Waals surface area contributed by atoms with Crippen LogP contribution in [0.3, 0.4) is 0 Å². The number of amides is 2. The van der Waals surface area contributed by atoms with Crippen LogP contribution in [0.4, 0.5) is 4.39 Å². The van der Waals surface area contributed by atoms with Gasteiger partial charge in [0.05, 0.1) is 16.8 Å². The average molecular weight is 351 g/mol. The van der Waals surface area contributed by atoms with Crippen LogP contribution < -0.4 is 0 Å². The highest BCUT2D eigenvalue weighted by Crippen LogP contribution is 2.23. The third kappa shape index (κ3) is 2.53. The maximum absolute atomic E-state index is 13.0. The first-order chi connectivity index (χ1) is 12.5. The van der Waals surface area contributed by atoms with E-state index in [-0.39, 0.29) is 16.8 Å². The Bertz CT molecular complexity index is 1010. The summed E-state index contributed by atoms with van der Waals surface area (Å²) in [6, 6.07) is 13.0. The van der Waals surface area contributed by atoms with E-state index in [9.17, 15) is 18.8 Å². The van der Waals surface area contributed by atoms with Crippen molar-refractivity contribution in [3.8, 4) is 5.69 Å². The van der Waals surface area contributed by atoms with Crippen LogP contribution in [0.5, 0.6) is 0 Å². The first-order valence-electron chi connectivity index (χ1n) is 7.56. The van der Waals surface area contributed by atoms with Gasteiger partial charge in [-0.2, -0.15) is 5.10 Å². The van der Waals surface area contributed by atoms with E-state index in [1.54, 1.807) is 12.1 Å². The maximum atomic E-state index is 13.0. The number of nitrogens with zero attached hydrogens (tertiary/aromatic N) is 3. The van der Waals surface area contributed by atoms with Crippen molar-refractivity contribution in [3.05, 3.63) is 83.4 Å². The van der Waals surface area contributed by atoms with E-state index < -0.39 is 23.6 Å². The molecule has 1 aliphatic heterocycles. The topological polar surface area (TPSA) is 81.5 Å². The standard InChI is InChI=1S/C18H10FN3O4/c19-11-5-7-12(8-6-11)21-10-9-15(20-21)18(25)26-22-16(23)13-3-1-2-4-14(13)17(22)24/h1-10H. The van der Waals surface area contributed by atoms with Gasteiger partial charge in [-0.05, 0) is 42.5 Å². The molecule has 2 aromatic carbocycles. The minimum absolute atomic E-state index is 0.106. The number of hydrogen-bond donors (Lipinski definition) is 0. The van der Waals surface area contributed by atoms with Gasteiger partial charge >= 0.3 is 5.97 Å². The van der Waals surface area contributed by atoms with E-state index in [1.807, 2.05) is 0 Å². The summed E-state index contributed by atoms with van der Waals surface area (Å²) in [7, 11) is 0. The van der Waals surface area contributed by atoms with Gasteiger partial charge in [0.2, 0.25) is 0 Å². The molecule has 7 nitrogen and oxygen atoms in total. The average Bonchev–Trinajstić information content (AvgIpc) is 3.23. The monoisotopic (exact) mass is 351 g/mol. The van der Waals surface area contributed by atoms with E-state index in [0.717, 1.165) is 0 Å². The fraction of sp³-hybridized carbons (Fsp3) is 0. The molecule has 2 heterocycles. The van der Waals surface area contributed by atoms with E-state index >= 15 is 0 Å². The third-order valence-electron chi connectivity index (χ3n) is 3.82. The lowest BCUT2D eigenvalue weighted by Crippen LogP contribution is -2.32. The van der Waals surface area contributed by atoms with Gasteiger partial charge in [-0.3, -0.25) is 9.59 Å². The summed E-state index contributed by atoms with van der Waals surface area (Å²) in [6.07, 6.45) is 1.48. The molecule has 3 aromatic rings. The van der Waals surface area contributed by atoms with Crippen LogP contribution in [-0.2, 0) is 4.84 Å². The predicted molar refractivity (Wildman–Crippen MR) is 85.9 cm³/mol. The van der Waals surface area contributed by atoms with Gasteiger partial charge in [-0.1, -0.05) is 17.2 Å². The summed E-state index contributed by atoms with van der Waals surface area (Å²) in [6.45, 7) is 0. The SMILES string of the molecule is O=C(ON1C(=O)c2ccccc2C1=O)c1ccn(-c2ccc(F)cc2)n1. The zero-order valence-electron chi connectivity index (χ0n) is 13.1. The smallest absolute Gasteiger partial charge is 0.322 e. The van der Waals surface area contributed by atoms with Crippen molar-refractivity contribution in [2.75, 3.05) is 0 Å². The largest absolute Gasteiger partial charge is 0.384 e. The molecule has 1 aliphatic rings. The summed E-state index contributed by atoms with van der Waals surface area (Å²) in [4.78, 5) is 41.6. The molecule has 0 saturated heterocycles. The van der Waals surface area contributed by atoms with Crippen molar-refractivity contribution in [2.24, 2.45) is 0 Å². The van der Waals surface area contributed by atoms with Crippen LogP contribution in [0.15, 0.2) is 60.8 Å². The summed E-state index contributed by atoms with van der Waals surface area (Å²) >= 11 is 0. The number of halogens is 1. The van der Waals surface area contributed by atoms with Gasteiger partial charge in [0.15, 0.2) is 5.69 Å². The van der Waals surface area contributed by atoms with Gasteiger partial charge in [0, 0.05) is 6.20 Å². The number of fused-ring (bicyclic) bond motifs is 1. The second-order valence-corrected chi connectivity index (χ2v) is 5.45. The molecule has 0 spiro atoms. The minimum Gasteiger partial charge on any atom is -0.322 e. The van der Waals surface area contributed by atoms with Gasteiger partial charge in [-0.15, -0.1) is 0 Å². The van der Waals surface area contributed by atoms with Crippen molar-refractivity contribution in [3.63, 3.8) is 0 Å². The quantitative estimate of drug-likeness (QED) is 0.677. The minimum atomic E-state index is -0.958. The van der Waals surface area contributed by atoms with Crippen LogP contribution in [0, 0.1) is 5.82 Å². The van der Waals surface area contributed by atoms with E-state index in [1.165, 1.54) is 53.3 Å². The molecule has 8 heteroatoms. The normalized spacial score (nSPS) is 13.0. The molecule has 0 radical (unpaired) electrons. The molecule has 2 amide bonds. The van der Waals surface area contributed by atoms with Gasteiger partial charge in [-0.25, -0.2) is 13.9 Å². The third-order valence-corrected chi connectivity index (χ3v) is 3.82. The Kier molecular flexibility index (Phi) is 3.58. The first-order valence-corrected chi connectivity index (χ1v) is 7.56. The molecule has 26 heavy (non-hydrogen) atoms. The maximum Gasteiger partial charge on any atom is 0.384 e. The van der Waals surface area contributed by atoms with Gasteiger partial charge in [0.25, 0.3) is 11.8 Å². The Morgan fingerprint density at radius 2 is 1.54 bits per heavy atom. The van der Waals surface area contributed by atoms with E-state index in [4.69, 9.17) is 4.84 Å². The van der Waals surface area contributed by atoms with Crippen molar-refractivity contribution in [1.29, 1.82) is 0 Å². The number of hydrogen-bond acceptors (Lipinski definition) is 5. The molecular formula is C18H10FN3O4. The Balaban J connectivity index is 1.54. The van der Waals surface area contributed by atoms with Crippen LogP contribution in [-0.4, -0.2) is 32.6 Å². The number of hydroxylamine groups is 2. The van der Waals surface area contributed by atoms with E-state index in [0.29, 0.717) is 10.8 Å². The molecule has 0 unspecified atom stereocenters. The molecule has 0 bridgehead atoms. The highest BCUT2D eigenvalue weighted by molar-refractivity contribution is 6.21. The number of aromatic nitrogens is 2. The van der Waals surface area contributed by atoms with Crippen LogP contribution in [0.25, 0.3) is 5.69 Å². The summed E-state index contributed by atoms with van der Waals surface area (Å²) in [5.41, 5.74) is 0.765. The highest BCUT2D eigenvalue weighted by atomic mass is 19.1. The number of carbonyl (C=O) groups is 3. The Morgan fingerprint density at radius 1 is 0.923 bits per heavy atom. The Hall–Kier alpha value is -3.81. The molecule has 128 valence electrons. The fourth-order valence-electron chi connectivity index (χ4n) is 2.55. The molecule has 0 fully saturated rings. The Morgan fingerprint density at radius 3 is 2.15 bits per heavy atom. The number of carbonyl (C=O) groups excluding carboxylic acids is 3. The van der Waals surface area contributed by atoms with Crippen LogP contribution >= 0.6 is 0 Å². The molecule has 0 aliphatic carbocycles. The van der Waals surface area contributed by atoms with Crippen LogP contribution in [0.2, 0.25) is 0 Å². The molecule has 4 rings (SSSR count). The molecular weight excluding hydrogens is 341 g/mol. The molecule has 1 aromatic heterocycles. The lowest BCUT2D eigenvalue weighted by atomic mass is 10.1. The summed E-state index contributed by atoms with van der Waals surface area (Å²) in [5.74, 6) is -2.78. The first kappa shape index (κ1) is 15.7. The predicted octanol–water partition coefficient (Wildman–Crippen LogP) is 2.38. The molecule has 0 atom stereocenters. The molecule has 0 N–H and O–H groups in total. The van der Waals surface area contributed by atoms with E-state index in [2.05, 4.69) is 5.10 Å². The van der Waals surface area contributed by atoms with Gasteiger partial charge < -0.3 is 4.84 Å². The van der Waals surface area contributed by atoms with Crippen molar-refractivity contribution in [1.82, 2.24) is 14.8 Å². The lowest BCUT2D eigenvalue weighted by molar-refractivity contribution is -0.0588. The lowest BCUT2D eigenvalue weighted by Gasteiger charge is -2.11. The fourth-order valence-corrected chi connectivity index (χ4v) is 2.55. The second kappa shape index (κ2) is 5.92. The van der Waals surface area contributed by atoms with Crippen LogP contribution in [0.1, 0.15) is 31.2 Å². The van der Waals surface area contributed by atoms with Crippen molar-refractivity contribution in [2.45, 2.75) is 0 Å². The van der Waals surface area contributed by atoms with Crippen molar-refractivity contribution >= 4 is 17.8 Å². The number of benzene rings is 2. The van der Waals surface area contributed by atoms with Crippen molar-refractivity contribution < 1.29 is 23.6 Å². The zero-order chi connectivity index (χ0) is 18.3. The zero-order valence-corrected chi connectivity index (χ0v) is 13.1. The highest BCUT2D eigenvalue weighted by Gasteiger charge is 2.39. The number of rotatable bonds is 3. The summed E-state index contributed by atoms with van der Waals surface area (Å²) in [5, 5.41) is 4.44. The van der Waals surface area contributed by atoms with Gasteiger partial charge in [0.1, 0.15) is 5.82 Å². The number of imide groups is 1. The second-order valence-electron chi connectivity index (χ2n) is 5.45.